The molecule has 0 aliphatic heterocycles. The van der Waals surface area contributed by atoms with Crippen molar-refractivity contribution in [3.8, 4) is 0 Å². The van der Waals surface area contributed by atoms with Crippen molar-refractivity contribution >= 4 is 22.6 Å². The average Bonchev–Trinajstić information content (AvgIpc) is 1.84. The smallest absolute Gasteiger partial charge is 0.101 e. The minimum Gasteiger partial charge on any atom is -0.512 e. The van der Waals surface area contributed by atoms with Gasteiger partial charge >= 0.3 is 0 Å². The molecule has 0 radical (unpaired) electrons. The van der Waals surface area contributed by atoms with Gasteiger partial charge in [-0.15, -0.1) is 0 Å². The molecule has 0 spiro atoms. The van der Waals surface area contributed by atoms with E-state index in [9.17, 15) is 0 Å². The van der Waals surface area contributed by atoms with Crippen molar-refractivity contribution in [2.24, 2.45) is 0 Å². The second-order valence-electron chi connectivity index (χ2n) is 1.56. The van der Waals surface area contributed by atoms with Crippen molar-refractivity contribution in [2.45, 2.75) is 26.7 Å². The zero-order chi connectivity index (χ0) is 6.57. The van der Waals surface area contributed by atoms with E-state index in [-0.39, 0.29) is 0 Å². The minimum atomic E-state index is 0.535. The van der Waals surface area contributed by atoms with Crippen molar-refractivity contribution in [3.63, 3.8) is 0 Å². The number of halogens is 1. The zero-order valence-electron chi connectivity index (χ0n) is 5.24. The molecule has 0 saturated carbocycles. The Morgan fingerprint density at radius 1 is 1.38 bits per heavy atom. The number of aliphatic hydroxyl groups excluding tert-OH is 1. The highest BCUT2D eigenvalue weighted by molar-refractivity contribution is 14.1. The maximum Gasteiger partial charge on any atom is 0.101 e. The van der Waals surface area contributed by atoms with Crippen LogP contribution in [0, 0.1) is 0 Å². The first-order chi connectivity index (χ1) is 3.72. The van der Waals surface area contributed by atoms with Gasteiger partial charge in [-0.2, -0.15) is 0 Å². The van der Waals surface area contributed by atoms with Crippen LogP contribution in [0.25, 0.3) is 0 Å². The van der Waals surface area contributed by atoms with Crippen LogP contribution >= 0.6 is 22.6 Å². The molecule has 0 unspecified atom stereocenters. The maximum atomic E-state index is 9.00. The predicted molar refractivity (Wildman–Crippen MR) is 44.3 cm³/mol. The van der Waals surface area contributed by atoms with Gasteiger partial charge in [-0.3, -0.25) is 0 Å². The Balaban J connectivity index is 3.83. The Labute approximate surface area is 63.9 Å². The van der Waals surface area contributed by atoms with Crippen molar-refractivity contribution in [3.05, 3.63) is 9.34 Å². The van der Waals surface area contributed by atoms with E-state index in [2.05, 4.69) is 22.6 Å². The molecular weight excluding hydrogens is 215 g/mol. The van der Waals surface area contributed by atoms with Gasteiger partial charge in [0, 0.05) is 10.0 Å². The standard InChI is InChI=1S/C6H11IO/c1-3-5(7)6(8)4-2/h8H,3-4H2,1-2H3. The molecule has 0 rings (SSSR count). The first-order valence-electron chi connectivity index (χ1n) is 2.78. The van der Waals surface area contributed by atoms with E-state index in [1.54, 1.807) is 0 Å². The lowest BCUT2D eigenvalue weighted by Crippen LogP contribution is -1.79. The van der Waals surface area contributed by atoms with Crippen LogP contribution in [0.4, 0.5) is 0 Å². The fourth-order valence-electron chi connectivity index (χ4n) is 0.396. The first-order valence-corrected chi connectivity index (χ1v) is 3.86. The molecule has 0 aromatic rings. The zero-order valence-corrected chi connectivity index (χ0v) is 7.40. The third-order valence-electron chi connectivity index (χ3n) is 0.958. The van der Waals surface area contributed by atoms with Gasteiger partial charge in [0.25, 0.3) is 0 Å². The monoisotopic (exact) mass is 226 g/mol. The molecule has 0 saturated heterocycles. The van der Waals surface area contributed by atoms with Gasteiger partial charge in [0.1, 0.15) is 5.76 Å². The molecule has 0 amide bonds. The van der Waals surface area contributed by atoms with E-state index in [1.807, 2.05) is 13.8 Å². The summed E-state index contributed by atoms with van der Waals surface area (Å²) in [6.45, 7) is 3.98. The highest BCUT2D eigenvalue weighted by Crippen LogP contribution is 2.15. The lowest BCUT2D eigenvalue weighted by atomic mass is 10.3. The van der Waals surface area contributed by atoms with Crippen LogP contribution in [-0.2, 0) is 0 Å². The highest BCUT2D eigenvalue weighted by atomic mass is 127. The number of hydrogen-bond acceptors (Lipinski definition) is 1. The van der Waals surface area contributed by atoms with E-state index in [0.29, 0.717) is 5.76 Å². The number of aliphatic hydroxyl groups is 1. The predicted octanol–water partition coefficient (Wildman–Crippen LogP) is 3.01. The Bertz CT molecular complexity index is 84.7. The van der Waals surface area contributed by atoms with Crippen LogP contribution in [0.1, 0.15) is 26.7 Å². The second-order valence-corrected chi connectivity index (χ2v) is 2.86. The first kappa shape index (κ1) is 8.27. The summed E-state index contributed by atoms with van der Waals surface area (Å²) in [4.78, 5) is 0. The fraction of sp³-hybridized carbons (Fsp3) is 0.667. The Morgan fingerprint density at radius 2 is 1.88 bits per heavy atom. The molecule has 0 bridgehead atoms. The summed E-state index contributed by atoms with van der Waals surface area (Å²) in [5.41, 5.74) is 0. The summed E-state index contributed by atoms with van der Waals surface area (Å²) in [6.07, 6.45) is 1.70. The molecule has 48 valence electrons. The van der Waals surface area contributed by atoms with Gasteiger partial charge in [-0.25, -0.2) is 0 Å². The third kappa shape index (κ3) is 2.55. The molecule has 0 aliphatic carbocycles. The molecule has 1 nitrogen and oxygen atoms in total. The Kier molecular flexibility index (Phi) is 4.32. The summed E-state index contributed by atoms with van der Waals surface area (Å²) < 4.78 is 1.07. The maximum absolute atomic E-state index is 9.00. The van der Waals surface area contributed by atoms with Gasteiger partial charge in [-0.1, -0.05) is 13.8 Å². The lowest BCUT2D eigenvalue weighted by molar-refractivity contribution is 0.391. The van der Waals surface area contributed by atoms with Crippen molar-refractivity contribution in [2.75, 3.05) is 0 Å². The molecular formula is C6H11IO. The van der Waals surface area contributed by atoms with E-state index < -0.39 is 0 Å². The normalized spacial score (nSPS) is 13.4. The second kappa shape index (κ2) is 4.18. The SMILES string of the molecule is CCC(O)=C(I)CC. The third-order valence-corrected chi connectivity index (χ3v) is 2.34. The summed E-state index contributed by atoms with van der Waals surface area (Å²) in [5, 5.41) is 9.00. The largest absolute Gasteiger partial charge is 0.512 e. The van der Waals surface area contributed by atoms with Crippen LogP contribution in [0.2, 0.25) is 0 Å². The summed E-state index contributed by atoms with van der Waals surface area (Å²) >= 11 is 2.16. The number of rotatable bonds is 2. The van der Waals surface area contributed by atoms with Gasteiger partial charge in [0.05, 0.1) is 0 Å². The number of hydrogen-bond donors (Lipinski definition) is 1. The fourth-order valence-corrected chi connectivity index (χ4v) is 0.777. The summed E-state index contributed by atoms with van der Waals surface area (Å²) in [7, 11) is 0. The molecule has 2 heteroatoms. The Morgan fingerprint density at radius 3 is 2.00 bits per heavy atom. The minimum absolute atomic E-state index is 0.535. The Hall–Kier alpha value is 0.270. The molecule has 0 heterocycles. The van der Waals surface area contributed by atoms with Crippen LogP contribution in [-0.4, -0.2) is 5.11 Å². The van der Waals surface area contributed by atoms with Gasteiger partial charge in [0.2, 0.25) is 0 Å². The molecule has 1 N–H and O–H groups in total. The van der Waals surface area contributed by atoms with Crippen molar-refractivity contribution in [1.82, 2.24) is 0 Å². The van der Waals surface area contributed by atoms with E-state index >= 15 is 0 Å². The van der Waals surface area contributed by atoms with Crippen molar-refractivity contribution < 1.29 is 5.11 Å². The topological polar surface area (TPSA) is 20.2 Å². The quantitative estimate of drug-likeness (QED) is 0.566. The number of allylic oxidation sites excluding steroid dienone is 2. The molecule has 8 heavy (non-hydrogen) atoms. The molecule has 0 aromatic heterocycles. The molecule has 0 fully saturated rings. The van der Waals surface area contributed by atoms with Gasteiger partial charge in [-0.05, 0) is 29.0 Å². The average molecular weight is 226 g/mol. The van der Waals surface area contributed by atoms with Crippen molar-refractivity contribution in [1.29, 1.82) is 0 Å². The van der Waals surface area contributed by atoms with Crippen LogP contribution in [0.3, 0.4) is 0 Å². The van der Waals surface area contributed by atoms with Crippen LogP contribution < -0.4 is 0 Å². The summed E-state index contributed by atoms with van der Waals surface area (Å²) in [5.74, 6) is 0.535. The molecule has 0 atom stereocenters. The van der Waals surface area contributed by atoms with Gasteiger partial charge in [0.15, 0.2) is 0 Å². The summed E-state index contributed by atoms with van der Waals surface area (Å²) in [6, 6.07) is 0. The van der Waals surface area contributed by atoms with Gasteiger partial charge < -0.3 is 5.11 Å². The highest BCUT2D eigenvalue weighted by Gasteiger charge is 1.93. The van der Waals surface area contributed by atoms with E-state index in [4.69, 9.17) is 5.11 Å². The van der Waals surface area contributed by atoms with Crippen LogP contribution in [0.15, 0.2) is 9.34 Å². The van der Waals surface area contributed by atoms with Crippen LogP contribution in [0.5, 0.6) is 0 Å². The van der Waals surface area contributed by atoms with E-state index in [1.165, 1.54) is 0 Å². The molecule has 0 aliphatic rings. The molecule has 0 aromatic carbocycles. The van der Waals surface area contributed by atoms with E-state index in [0.717, 1.165) is 16.4 Å². The lowest BCUT2D eigenvalue weighted by Gasteiger charge is -1.96.